The molecule has 0 spiro atoms. The Hall–Kier alpha value is -3.16. The zero-order valence-corrected chi connectivity index (χ0v) is 12.6. The monoisotopic (exact) mass is 313 g/mol. The highest BCUT2D eigenvalue weighted by atomic mass is 16.4. The predicted octanol–water partition coefficient (Wildman–Crippen LogP) is 1.34. The Kier molecular flexibility index (Phi) is 3.57. The van der Waals surface area contributed by atoms with Crippen molar-refractivity contribution < 1.29 is 9.90 Å². The summed E-state index contributed by atoms with van der Waals surface area (Å²) in [5, 5.41) is 11.8. The minimum Gasteiger partial charge on any atom is -0.481 e. The standard InChI is InChI=1S/C15H15N5O3/c1-8-9(7-12(21)22)13(23)18-14(16-8)19-15-17-10-5-3-4-6-11(10)20(15)2/h3-6H,7H2,1-2H3,(H,21,22)(H2,16,17,18,19,23). The number of aromatic amines is 1. The number of para-hydroxylation sites is 2. The van der Waals surface area contributed by atoms with Crippen LogP contribution in [-0.2, 0) is 18.3 Å². The number of carboxylic acid groups (broad SMARTS) is 1. The lowest BCUT2D eigenvalue weighted by atomic mass is 10.2. The van der Waals surface area contributed by atoms with Gasteiger partial charge in [-0.05, 0) is 19.1 Å². The number of carboxylic acids is 1. The highest BCUT2D eigenvalue weighted by Gasteiger charge is 2.13. The SMILES string of the molecule is Cc1nc(Nc2nc3ccccc3n2C)[nH]c(=O)c1CC(=O)O. The summed E-state index contributed by atoms with van der Waals surface area (Å²) >= 11 is 0. The number of anilines is 2. The number of rotatable bonds is 4. The van der Waals surface area contributed by atoms with Gasteiger partial charge in [0.15, 0.2) is 0 Å². The number of fused-ring (bicyclic) bond motifs is 1. The van der Waals surface area contributed by atoms with Crippen LogP contribution in [0.5, 0.6) is 0 Å². The number of hydrogen-bond donors (Lipinski definition) is 3. The van der Waals surface area contributed by atoms with Gasteiger partial charge in [0.2, 0.25) is 11.9 Å². The van der Waals surface area contributed by atoms with E-state index < -0.39 is 11.5 Å². The molecule has 0 aliphatic rings. The molecule has 118 valence electrons. The van der Waals surface area contributed by atoms with Crippen molar-refractivity contribution in [2.75, 3.05) is 5.32 Å². The molecule has 3 aromatic rings. The maximum absolute atomic E-state index is 12.0. The molecular weight excluding hydrogens is 298 g/mol. The number of imidazole rings is 1. The van der Waals surface area contributed by atoms with Gasteiger partial charge in [-0.15, -0.1) is 0 Å². The van der Waals surface area contributed by atoms with E-state index in [-0.39, 0.29) is 17.9 Å². The van der Waals surface area contributed by atoms with Gasteiger partial charge in [-0.2, -0.15) is 0 Å². The molecule has 0 unspecified atom stereocenters. The lowest BCUT2D eigenvalue weighted by Gasteiger charge is -2.08. The number of nitrogens with one attached hydrogen (secondary N) is 2. The number of nitrogens with zero attached hydrogens (tertiary/aromatic N) is 3. The van der Waals surface area contributed by atoms with Crippen molar-refractivity contribution in [1.29, 1.82) is 0 Å². The minimum atomic E-state index is -1.07. The molecule has 0 aliphatic heterocycles. The first-order chi connectivity index (χ1) is 11.0. The van der Waals surface area contributed by atoms with Crippen LogP contribution in [0.2, 0.25) is 0 Å². The zero-order chi connectivity index (χ0) is 16.6. The van der Waals surface area contributed by atoms with E-state index in [1.54, 1.807) is 6.92 Å². The molecular formula is C15H15N5O3. The van der Waals surface area contributed by atoms with Crippen LogP contribution >= 0.6 is 0 Å². The molecule has 3 N–H and O–H groups in total. The van der Waals surface area contributed by atoms with E-state index in [0.717, 1.165) is 11.0 Å². The van der Waals surface area contributed by atoms with E-state index in [1.165, 1.54) is 0 Å². The topological polar surface area (TPSA) is 113 Å². The average molecular weight is 313 g/mol. The van der Waals surface area contributed by atoms with Crippen molar-refractivity contribution >= 4 is 28.9 Å². The van der Waals surface area contributed by atoms with Crippen molar-refractivity contribution in [3.8, 4) is 0 Å². The number of aryl methyl sites for hydroxylation is 2. The van der Waals surface area contributed by atoms with Gasteiger partial charge in [-0.3, -0.25) is 19.9 Å². The van der Waals surface area contributed by atoms with E-state index in [9.17, 15) is 9.59 Å². The third-order valence-corrected chi connectivity index (χ3v) is 3.57. The first kappa shape index (κ1) is 14.8. The van der Waals surface area contributed by atoms with Crippen LogP contribution in [0.15, 0.2) is 29.1 Å². The van der Waals surface area contributed by atoms with Crippen LogP contribution < -0.4 is 10.9 Å². The van der Waals surface area contributed by atoms with Crippen LogP contribution in [0, 0.1) is 6.92 Å². The number of hydrogen-bond acceptors (Lipinski definition) is 5. The number of aliphatic carboxylic acids is 1. The molecule has 8 nitrogen and oxygen atoms in total. The van der Waals surface area contributed by atoms with Gasteiger partial charge in [-0.1, -0.05) is 12.1 Å². The second kappa shape index (κ2) is 5.56. The highest BCUT2D eigenvalue weighted by molar-refractivity contribution is 5.79. The fourth-order valence-electron chi connectivity index (χ4n) is 2.39. The molecule has 0 amide bonds. The van der Waals surface area contributed by atoms with Gasteiger partial charge in [0.05, 0.1) is 23.1 Å². The Morgan fingerprint density at radius 1 is 1.35 bits per heavy atom. The average Bonchev–Trinajstić information content (AvgIpc) is 2.80. The number of H-pyrrole nitrogens is 1. The quantitative estimate of drug-likeness (QED) is 0.670. The van der Waals surface area contributed by atoms with Crippen LogP contribution in [-0.4, -0.2) is 30.6 Å². The molecule has 0 aliphatic carbocycles. The number of carbonyl (C=O) groups is 1. The normalized spacial score (nSPS) is 10.9. The van der Waals surface area contributed by atoms with Crippen LogP contribution in [0.3, 0.4) is 0 Å². The highest BCUT2D eigenvalue weighted by Crippen LogP contribution is 2.19. The third-order valence-electron chi connectivity index (χ3n) is 3.57. The van der Waals surface area contributed by atoms with E-state index >= 15 is 0 Å². The summed E-state index contributed by atoms with van der Waals surface area (Å²) in [4.78, 5) is 34.0. The Bertz CT molecular complexity index is 957. The lowest BCUT2D eigenvalue weighted by Crippen LogP contribution is -2.21. The zero-order valence-electron chi connectivity index (χ0n) is 12.6. The molecule has 0 fully saturated rings. The van der Waals surface area contributed by atoms with Crippen molar-refractivity contribution in [2.45, 2.75) is 13.3 Å². The van der Waals surface area contributed by atoms with Crippen LogP contribution in [0.1, 0.15) is 11.3 Å². The molecule has 23 heavy (non-hydrogen) atoms. The molecule has 0 bridgehead atoms. The molecule has 1 aromatic carbocycles. The van der Waals surface area contributed by atoms with Gasteiger partial charge in [0.1, 0.15) is 0 Å². The first-order valence-corrected chi connectivity index (χ1v) is 6.96. The molecule has 3 rings (SSSR count). The fraction of sp³-hybridized carbons (Fsp3) is 0.200. The summed E-state index contributed by atoms with van der Waals surface area (Å²) < 4.78 is 1.84. The van der Waals surface area contributed by atoms with E-state index in [0.29, 0.717) is 11.6 Å². The molecule has 2 aromatic heterocycles. The Morgan fingerprint density at radius 2 is 2.09 bits per heavy atom. The van der Waals surface area contributed by atoms with Crippen molar-refractivity contribution in [3.63, 3.8) is 0 Å². The first-order valence-electron chi connectivity index (χ1n) is 6.96. The van der Waals surface area contributed by atoms with E-state index in [4.69, 9.17) is 5.11 Å². The fourth-order valence-corrected chi connectivity index (χ4v) is 2.39. The van der Waals surface area contributed by atoms with Crippen LogP contribution in [0.25, 0.3) is 11.0 Å². The molecule has 0 atom stereocenters. The van der Waals surface area contributed by atoms with E-state index in [1.807, 2.05) is 35.9 Å². The summed E-state index contributed by atoms with van der Waals surface area (Å²) in [5.74, 6) is -0.323. The van der Waals surface area contributed by atoms with E-state index in [2.05, 4.69) is 20.3 Å². The second-order valence-corrected chi connectivity index (χ2v) is 5.16. The predicted molar refractivity (Wildman–Crippen MR) is 84.9 cm³/mol. The smallest absolute Gasteiger partial charge is 0.308 e. The van der Waals surface area contributed by atoms with Gasteiger partial charge in [-0.25, -0.2) is 9.97 Å². The molecule has 0 saturated heterocycles. The summed E-state index contributed by atoms with van der Waals surface area (Å²) in [7, 11) is 1.85. The summed E-state index contributed by atoms with van der Waals surface area (Å²) in [6.45, 7) is 1.60. The second-order valence-electron chi connectivity index (χ2n) is 5.16. The van der Waals surface area contributed by atoms with Gasteiger partial charge >= 0.3 is 5.97 Å². The third kappa shape index (κ3) is 2.78. The maximum atomic E-state index is 12.0. The Morgan fingerprint density at radius 3 is 2.74 bits per heavy atom. The van der Waals surface area contributed by atoms with Gasteiger partial charge in [0.25, 0.3) is 5.56 Å². The van der Waals surface area contributed by atoms with Crippen LogP contribution in [0.4, 0.5) is 11.9 Å². The lowest BCUT2D eigenvalue weighted by molar-refractivity contribution is -0.136. The summed E-state index contributed by atoms with van der Waals surface area (Å²) in [6.07, 6.45) is -0.360. The summed E-state index contributed by atoms with van der Waals surface area (Å²) in [5.41, 5.74) is 1.81. The molecule has 8 heteroatoms. The maximum Gasteiger partial charge on any atom is 0.308 e. The van der Waals surface area contributed by atoms with Crippen molar-refractivity contribution in [1.82, 2.24) is 19.5 Å². The minimum absolute atomic E-state index is 0.146. The number of benzene rings is 1. The van der Waals surface area contributed by atoms with Gasteiger partial charge in [0, 0.05) is 12.6 Å². The largest absolute Gasteiger partial charge is 0.481 e. The van der Waals surface area contributed by atoms with Gasteiger partial charge < -0.3 is 9.67 Å². The van der Waals surface area contributed by atoms with Crippen molar-refractivity contribution in [2.24, 2.45) is 7.05 Å². The Balaban J connectivity index is 1.98. The Labute approximate surface area is 130 Å². The molecule has 0 saturated carbocycles. The molecule has 2 heterocycles. The molecule has 0 radical (unpaired) electrons. The summed E-state index contributed by atoms with van der Waals surface area (Å²) in [6, 6.07) is 7.63. The van der Waals surface area contributed by atoms with Crippen molar-refractivity contribution in [3.05, 3.63) is 45.9 Å². The number of aromatic nitrogens is 4.